The van der Waals surface area contributed by atoms with Crippen LogP contribution in [0.25, 0.3) is 11.1 Å². The van der Waals surface area contributed by atoms with Gasteiger partial charge in [0.1, 0.15) is 0 Å². The Hall–Kier alpha value is -2.14. The largest absolute Gasteiger partial charge is 0.371 e. The first-order chi connectivity index (χ1) is 17.0. The fourth-order valence-electron chi connectivity index (χ4n) is 6.23. The summed E-state index contributed by atoms with van der Waals surface area (Å²) in [6.07, 6.45) is 3.53. The highest BCUT2D eigenvalue weighted by atomic mass is 15.3. The highest BCUT2D eigenvalue weighted by molar-refractivity contribution is 5.97. The summed E-state index contributed by atoms with van der Waals surface area (Å²) in [5, 5.41) is 3.87. The third-order valence-electron chi connectivity index (χ3n) is 8.65. The van der Waals surface area contributed by atoms with E-state index in [0.29, 0.717) is 12.1 Å². The normalized spacial score (nSPS) is 20.2. The van der Waals surface area contributed by atoms with Crippen molar-refractivity contribution in [2.75, 3.05) is 57.3 Å². The molecular formula is C31H44N4. The Morgan fingerprint density at radius 3 is 2.34 bits per heavy atom. The lowest BCUT2D eigenvalue weighted by atomic mass is 9.95. The van der Waals surface area contributed by atoms with Crippen molar-refractivity contribution in [1.29, 1.82) is 0 Å². The summed E-state index contributed by atoms with van der Waals surface area (Å²) in [5.41, 5.74) is 10.1. The number of piperidine rings is 1. The Kier molecular flexibility index (Phi) is 7.62. The molecule has 4 heteroatoms. The standard InChI is InChI=1S/C31H44N4/c1-23(2)34-19-17-33(18-20-34)16-13-32-27-11-14-35(15-12-27)28-10-9-24(3)30(22-28)31-21-26-7-5-6-8-29(26)25(31)4/h5-10,22-23,27,32H,11-21H2,1-4H3. The molecule has 2 aromatic carbocycles. The maximum atomic E-state index is 3.87. The maximum absolute atomic E-state index is 3.87. The average molecular weight is 473 g/mol. The van der Waals surface area contributed by atoms with Gasteiger partial charge in [-0.25, -0.2) is 0 Å². The molecule has 1 aliphatic carbocycles. The van der Waals surface area contributed by atoms with Gasteiger partial charge in [0.25, 0.3) is 0 Å². The van der Waals surface area contributed by atoms with Crippen LogP contribution in [0.4, 0.5) is 5.69 Å². The summed E-state index contributed by atoms with van der Waals surface area (Å²) < 4.78 is 0. The number of benzene rings is 2. The molecule has 35 heavy (non-hydrogen) atoms. The third kappa shape index (κ3) is 5.50. The molecule has 4 nitrogen and oxygen atoms in total. The van der Waals surface area contributed by atoms with Crippen LogP contribution in [-0.2, 0) is 6.42 Å². The van der Waals surface area contributed by atoms with Gasteiger partial charge in [-0.3, -0.25) is 9.80 Å². The predicted octanol–water partition coefficient (Wildman–Crippen LogP) is 5.07. The molecule has 2 aromatic rings. The SMILES string of the molecule is CC1=C(c2cc(N3CCC(NCCN4CCN(C(C)C)CC4)CC3)ccc2C)Cc2ccccc21. The van der Waals surface area contributed by atoms with Crippen LogP contribution in [0.1, 0.15) is 55.9 Å². The van der Waals surface area contributed by atoms with Gasteiger partial charge in [0.2, 0.25) is 0 Å². The molecule has 2 aliphatic heterocycles. The van der Waals surface area contributed by atoms with E-state index in [4.69, 9.17) is 0 Å². The second-order valence-electron chi connectivity index (χ2n) is 11.1. The summed E-state index contributed by atoms with van der Waals surface area (Å²) in [4.78, 5) is 7.83. The van der Waals surface area contributed by atoms with Crippen LogP contribution in [-0.4, -0.2) is 74.2 Å². The lowest BCUT2D eigenvalue weighted by Gasteiger charge is -2.38. The van der Waals surface area contributed by atoms with E-state index in [-0.39, 0.29) is 0 Å². The van der Waals surface area contributed by atoms with Crippen LogP contribution in [0.3, 0.4) is 0 Å². The summed E-state index contributed by atoms with van der Waals surface area (Å²) in [6.45, 7) is 18.7. The van der Waals surface area contributed by atoms with Gasteiger partial charge in [-0.1, -0.05) is 30.3 Å². The molecule has 1 N–H and O–H groups in total. The van der Waals surface area contributed by atoms with Gasteiger partial charge in [0, 0.05) is 70.1 Å². The van der Waals surface area contributed by atoms with Crippen molar-refractivity contribution >= 4 is 16.8 Å². The number of hydrogen-bond donors (Lipinski definition) is 1. The number of nitrogens with zero attached hydrogens (tertiary/aromatic N) is 3. The first kappa shape index (κ1) is 24.5. The highest BCUT2D eigenvalue weighted by Gasteiger charge is 2.24. The topological polar surface area (TPSA) is 21.8 Å². The van der Waals surface area contributed by atoms with Crippen molar-refractivity contribution in [2.45, 2.75) is 59.0 Å². The highest BCUT2D eigenvalue weighted by Crippen LogP contribution is 2.40. The molecule has 0 aromatic heterocycles. The third-order valence-corrected chi connectivity index (χ3v) is 8.65. The molecule has 0 bridgehead atoms. The number of fused-ring (bicyclic) bond motifs is 1. The van der Waals surface area contributed by atoms with Gasteiger partial charge in [0.15, 0.2) is 0 Å². The molecule has 0 spiro atoms. The van der Waals surface area contributed by atoms with Crippen LogP contribution in [0.15, 0.2) is 42.5 Å². The second kappa shape index (κ2) is 10.9. The minimum atomic E-state index is 0.655. The zero-order valence-electron chi connectivity index (χ0n) is 22.3. The van der Waals surface area contributed by atoms with E-state index >= 15 is 0 Å². The van der Waals surface area contributed by atoms with Crippen molar-refractivity contribution in [3.63, 3.8) is 0 Å². The summed E-state index contributed by atoms with van der Waals surface area (Å²) in [6, 6.07) is 17.4. The number of piperazine rings is 1. The second-order valence-corrected chi connectivity index (χ2v) is 11.1. The van der Waals surface area contributed by atoms with Crippen molar-refractivity contribution < 1.29 is 0 Å². The van der Waals surface area contributed by atoms with E-state index in [2.05, 4.69) is 90.2 Å². The van der Waals surface area contributed by atoms with Gasteiger partial charge < -0.3 is 10.2 Å². The first-order valence-electron chi connectivity index (χ1n) is 13.8. The van der Waals surface area contributed by atoms with E-state index in [9.17, 15) is 0 Å². The average Bonchev–Trinajstić information content (AvgIpc) is 3.21. The number of rotatable bonds is 7. The van der Waals surface area contributed by atoms with E-state index in [0.717, 1.165) is 26.1 Å². The monoisotopic (exact) mass is 472 g/mol. The minimum absolute atomic E-state index is 0.655. The lowest BCUT2D eigenvalue weighted by molar-refractivity contribution is 0.108. The summed E-state index contributed by atoms with van der Waals surface area (Å²) in [5.74, 6) is 0. The number of hydrogen-bond acceptors (Lipinski definition) is 4. The quantitative estimate of drug-likeness (QED) is 0.608. The van der Waals surface area contributed by atoms with Crippen LogP contribution >= 0.6 is 0 Å². The predicted molar refractivity (Wildman–Crippen MR) is 150 cm³/mol. The Morgan fingerprint density at radius 2 is 1.63 bits per heavy atom. The fourth-order valence-corrected chi connectivity index (χ4v) is 6.23. The van der Waals surface area contributed by atoms with Crippen LogP contribution < -0.4 is 10.2 Å². The van der Waals surface area contributed by atoms with E-state index in [1.807, 2.05) is 0 Å². The number of aryl methyl sites for hydroxylation is 1. The zero-order chi connectivity index (χ0) is 24.4. The van der Waals surface area contributed by atoms with Crippen molar-refractivity contribution in [2.24, 2.45) is 0 Å². The van der Waals surface area contributed by atoms with Crippen LogP contribution in [0, 0.1) is 6.92 Å². The Balaban J connectivity index is 1.13. The number of allylic oxidation sites excluding steroid dienone is 2. The van der Waals surface area contributed by atoms with Gasteiger partial charge >= 0.3 is 0 Å². The molecule has 3 aliphatic rings. The fraction of sp³-hybridized carbons (Fsp3) is 0.548. The van der Waals surface area contributed by atoms with Gasteiger partial charge in [-0.2, -0.15) is 0 Å². The van der Waals surface area contributed by atoms with Gasteiger partial charge in [-0.15, -0.1) is 0 Å². The van der Waals surface area contributed by atoms with Crippen molar-refractivity contribution in [3.8, 4) is 0 Å². The van der Waals surface area contributed by atoms with E-state index in [1.165, 1.54) is 84.7 Å². The van der Waals surface area contributed by atoms with Crippen molar-refractivity contribution in [1.82, 2.24) is 15.1 Å². The lowest BCUT2D eigenvalue weighted by Crippen LogP contribution is -2.51. The van der Waals surface area contributed by atoms with E-state index < -0.39 is 0 Å². The van der Waals surface area contributed by atoms with Gasteiger partial charge in [0.05, 0.1) is 0 Å². The maximum Gasteiger partial charge on any atom is 0.0372 e. The molecule has 188 valence electrons. The van der Waals surface area contributed by atoms with Gasteiger partial charge in [-0.05, 0) is 92.5 Å². The smallest absolute Gasteiger partial charge is 0.0372 e. The molecule has 0 radical (unpaired) electrons. The zero-order valence-corrected chi connectivity index (χ0v) is 22.3. The Bertz CT molecular complexity index is 1040. The molecule has 2 fully saturated rings. The molecule has 5 rings (SSSR count). The first-order valence-corrected chi connectivity index (χ1v) is 13.8. The molecule has 0 atom stereocenters. The Morgan fingerprint density at radius 1 is 0.886 bits per heavy atom. The van der Waals surface area contributed by atoms with Crippen LogP contribution in [0.5, 0.6) is 0 Å². The Labute approximate surface area is 213 Å². The molecule has 0 amide bonds. The van der Waals surface area contributed by atoms with Crippen molar-refractivity contribution in [3.05, 3.63) is 64.7 Å². The summed E-state index contributed by atoms with van der Waals surface area (Å²) in [7, 11) is 0. The molecule has 2 saturated heterocycles. The molecule has 2 heterocycles. The van der Waals surface area contributed by atoms with E-state index in [1.54, 1.807) is 0 Å². The summed E-state index contributed by atoms with van der Waals surface area (Å²) >= 11 is 0. The molecule has 0 saturated carbocycles. The molecule has 0 unspecified atom stereocenters. The minimum Gasteiger partial charge on any atom is -0.371 e. The van der Waals surface area contributed by atoms with Crippen LogP contribution in [0.2, 0.25) is 0 Å². The number of nitrogens with one attached hydrogen (secondary N) is 1. The molecular weight excluding hydrogens is 428 g/mol. The number of anilines is 1.